The van der Waals surface area contributed by atoms with Gasteiger partial charge >= 0.3 is 12.0 Å². The summed E-state index contributed by atoms with van der Waals surface area (Å²) in [7, 11) is 2.81. The summed E-state index contributed by atoms with van der Waals surface area (Å²) in [6.45, 7) is 2.32. The minimum atomic E-state index is -0.686. The van der Waals surface area contributed by atoms with Crippen molar-refractivity contribution in [1.29, 1.82) is 0 Å². The molecule has 124 valence electrons. The van der Waals surface area contributed by atoms with E-state index in [1.807, 2.05) is 0 Å². The Morgan fingerprint density at radius 3 is 2.52 bits per heavy atom. The number of nitrogens with one attached hydrogen (secondary N) is 1. The van der Waals surface area contributed by atoms with Crippen LogP contribution in [0.3, 0.4) is 0 Å². The van der Waals surface area contributed by atoms with Crippen LogP contribution in [0.15, 0.2) is 35.5 Å². The Morgan fingerprint density at radius 2 is 1.96 bits per heavy atom. The Kier molecular flexibility index (Phi) is 5.33. The van der Waals surface area contributed by atoms with Gasteiger partial charge in [-0.15, -0.1) is 0 Å². The fourth-order valence-corrected chi connectivity index (χ4v) is 2.51. The number of ether oxygens (including phenoxy) is 2. The standard InChI is InChI=1S/C16H19FN2O4/c1-10-13(15(20)23-3)14(11-4-6-12(17)7-5-11)18-16(21)19(10)8-9-22-2/h4-7,14H,8-9H2,1-3H3,(H,18,21)/t14-/m0/s1. The summed E-state index contributed by atoms with van der Waals surface area (Å²) in [6.07, 6.45) is 0. The second kappa shape index (κ2) is 7.23. The molecule has 1 aromatic carbocycles. The molecule has 23 heavy (non-hydrogen) atoms. The van der Waals surface area contributed by atoms with Crippen LogP contribution in [-0.2, 0) is 14.3 Å². The molecule has 0 unspecified atom stereocenters. The molecule has 1 aromatic rings. The van der Waals surface area contributed by atoms with Crippen molar-refractivity contribution in [2.24, 2.45) is 0 Å². The lowest BCUT2D eigenvalue weighted by molar-refractivity contribution is -0.136. The number of urea groups is 1. The van der Waals surface area contributed by atoms with Crippen molar-refractivity contribution in [2.45, 2.75) is 13.0 Å². The van der Waals surface area contributed by atoms with Gasteiger partial charge in [0.1, 0.15) is 5.82 Å². The summed E-state index contributed by atoms with van der Waals surface area (Å²) in [5.74, 6) is -0.933. The van der Waals surface area contributed by atoms with E-state index in [4.69, 9.17) is 9.47 Å². The van der Waals surface area contributed by atoms with Crippen molar-refractivity contribution in [3.05, 3.63) is 46.9 Å². The highest BCUT2D eigenvalue weighted by Crippen LogP contribution is 2.31. The van der Waals surface area contributed by atoms with Gasteiger partial charge in [-0.1, -0.05) is 12.1 Å². The number of benzene rings is 1. The van der Waals surface area contributed by atoms with Crippen LogP contribution in [0.5, 0.6) is 0 Å². The van der Waals surface area contributed by atoms with Crippen molar-refractivity contribution in [3.8, 4) is 0 Å². The smallest absolute Gasteiger partial charge is 0.337 e. The fourth-order valence-electron chi connectivity index (χ4n) is 2.51. The van der Waals surface area contributed by atoms with Crippen LogP contribution in [0.25, 0.3) is 0 Å². The predicted molar refractivity (Wildman–Crippen MR) is 81.0 cm³/mol. The number of carbonyl (C=O) groups excluding carboxylic acids is 2. The molecule has 1 aliphatic heterocycles. The van der Waals surface area contributed by atoms with E-state index in [1.54, 1.807) is 6.92 Å². The van der Waals surface area contributed by atoms with E-state index in [9.17, 15) is 14.0 Å². The summed E-state index contributed by atoms with van der Waals surface area (Å²) in [6, 6.07) is 4.59. The van der Waals surface area contributed by atoms with Gasteiger partial charge in [0.05, 0.1) is 31.9 Å². The molecular formula is C16H19FN2O4. The van der Waals surface area contributed by atoms with Crippen LogP contribution in [0, 0.1) is 5.82 Å². The Balaban J connectivity index is 2.45. The maximum atomic E-state index is 13.1. The molecule has 7 heteroatoms. The van der Waals surface area contributed by atoms with Crippen LogP contribution in [0.4, 0.5) is 9.18 Å². The largest absolute Gasteiger partial charge is 0.466 e. The lowest BCUT2D eigenvalue weighted by Crippen LogP contribution is -2.48. The molecule has 0 fully saturated rings. The lowest BCUT2D eigenvalue weighted by atomic mass is 9.95. The molecule has 0 saturated heterocycles. The molecule has 2 amide bonds. The van der Waals surface area contributed by atoms with E-state index in [0.717, 1.165) is 0 Å². The summed E-state index contributed by atoms with van der Waals surface area (Å²) in [5.41, 5.74) is 1.41. The molecule has 0 bridgehead atoms. The molecule has 1 heterocycles. The van der Waals surface area contributed by atoms with Crippen molar-refractivity contribution in [2.75, 3.05) is 27.4 Å². The van der Waals surface area contributed by atoms with Gasteiger partial charge in [-0.05, 0) is 24.6 Å². The van der Waals surface area contributed by atoms with Crippen molar-refractivity contribution < 1.29 is 23.5 Å². The molecule has 0 spiro atoms. The SMILES string of the molecule is COCCN1C(=O)N[C@@H](c2ccc(F)cc2)C(C(=O)OC)=C1C. The monoisotopic (exact) mass is 322 g/mol. The Morgan fingerprint density at radius 1 is 1.30 bits per heavy atom. The van der Waals surface area contributed by atoms with E-state index < -0.39 is 17.8 Å². The van der Waals surface area contributed by atoms with Crippen LogP contribution in [0.1, 0.15) is 18.5 Å². The maximum Gasteiger partial charge on any atom is 0.337 e. The highest BCUT2D eigenvalue weighted by molar-refractivity contribution is 5.94. The Hall–Kier alpha value is -2.41. The minimum absolute atomic E-state index is 0.310. The molecule has 0 radical (unpaired) electrons. The molecule has 1 atom stereocenters. The summed E-state index contributed by atoms with van der Waals surface area (Å²) < 4.78 is 22.9. The molecule has 2 rings (SSSR count). The zero-order chi connectivity index (χ0) is 17.0. The molecule has 0 saturated carbocycles. The first-order valence-electron chi connectivity index (χ1n) is 7.11. The summed E-state index contributed by atoms with van der Waals surface area (Å²) in [4.78, 5) is 25.9. The zero-order valence-electron chi connectivity index (χ0n) is 13.3. The van der Waals surface area contributed by atoms with Crippen LogP contribution < -0.4 is 5.32 Å². The number of amides is 2. The predicted octanol–water partition coefficient (Wildman–Crippen LogP) is 1.99. The second-order valence-electron chi connectivity index (χ2n) is 5.07. The lowest BCUT2D eigenvalue weighted by Gasteiger charge is -2.35. The number of esters is 1. The highest BCUT2D eigenvalue weighted by Gasteiger charge is 2.35. The topological polar surface area (TPSA) is 67.9 Å². The van der Waals surface area contributed by atoms with Gasteiger partial charge < -0.3 is 14.8 Å². The summed E-state index contributed by atoms with van der Waals surface area (Å²) >= 11 is 0. The van der Waals surface area contributed by atoms with E-state index >= 15 is 0 Å². The number of allylic oxidation sites excluding steroid dienone is 1. The maximum absolute atomic E-state index is 13.1. The fraction of sp³-hybridized carbons (Fsp3) is 0.375. The van der Waals surface area contributed by atoms with E-state index in [0.29, 0.717) is 30.0 Å². The van der Waals surface area contributed by atoms with E-state index in [2.05, 4.69) is 5.32 Å². The molecule has 0 aromatic heterocycles. The number of halogens is 1. The van der Waals surface area contributed by atoms with Crippen molar-refractivity contribution in [1.82, 2.24) is 10.2 Å². The number of carbonyl (C=O) groups is 2. The number of methoxy groups -OCH3 is 2. The molecular weight excluding hydrogens is 303 g/mol. The molecule has 0 aliphatic carbocycles. The van der Waals surface area contributed by atoms with Gasteiger partial charge in [0.15, 0.2) is 0 Å². The third kappa shape index (κ3) is 3.50. The average Bonchev–Trinajstić information content (AvgIpc) is 2.54. The quantitative estimate of drug-likeness (QED) is 0.842. The minimum Gasteiger partial charge on any atom is -0.466 e. The molecule has 1 N–H and O–H groups in total. The van der Waals surface area contributed by atoms with E-state index in [1.165, 1.54) is 43.4 Å². The van der Waals surface area contributed by atoms with Crippen LogP contribution in [0.2, 0.25) is 0 Å². The molecule has 6 nitrogen and oxygen atoms in total. The number of hydrogen-bond donors (Lipinski definition) is 1. The Labute approximate surface area is 133 Å². The van der Waals surface area contributed by atoms with E-state index in [-0.39, 0.29) is 6.03 Å². The van der Waals surface area contributed by atoms with Gasteiger partial charge in [0.25, 0.3) is 0 Å². The summed E-state index contributed by atoms with van der Waals surface area (Å²) in [5, 5.41) is 2.76. The highest BCUT2D eigenvalue weighted by atomic mass is 19.1. The normalized spacial score (nSPS) is 18.0. The second-order valence-corrected chi connectivity index (χ2v) is 5.07. The van der Waals surface area contributed by atoms with Crippen molar-refractivity contribution in [3.63, 3.8) is 0 Å². The van der Waals surface area contributed by atoms with Crippen LogP contribution in [-0.4, -0.2) is 44.3 Å². The third-order valence-electron chi connectivity index (χ3n) is 3.72. The molecule has 1 aliphatic rings. The zero-order valence-corrected chi connectivity index (χ0v) is 13.3. The third-order valence-corrected chi connectivity index (χ3v) is 3.72. The van der Waals surface area contributed by atoms with Crippen molar-refractivity contribution >= 4 is 12.0 Å². The Bertz CT molecular complexity index is 627. The number of hydrogen-bond acceptors (Lipinski definition) is 4. The van der Waals surface area contributed by atoms with Gasteiger partial charge in [0.2, 0.25) is 0 Å². The van der Waals surface area contributed by atoms with Crippen LogP contribution >= 0.6 is 0 Å². The first kappa shape index (κ1) is 17.0. The number of rotatable bonds is 5. The van der Waals surface area contributed by atoms with Gasteiger partial charge in [0, 0.05) is 12.8 Å². The number of nitrogens with zero attached hydrogens (tertiary/aromatic N) is 1. The van der Waals surface area contributed by atoms with Gasteiger partial charge in [-0.3, -0.25) is 4.90 Å². The average molecular weight is 322 g/mol. The first-order valence-corrected chi connectivity index (χ1v) is 7.11. The van der Waals surface area contributed by atoms with Gasteiger partial charge in [-0.2, -0.15) is 0 Å². The first-order chi connectivity index (χ1) is 11.0. The van der Waals surface area contributed by atoms with Gasteiger partial charge in [-0.25, -0.2) is 14.0 Å².